The lowest BCUT2D eigenvalue weighted by atomic mass is 9.80. The van der Waals surface area contributed by atoms with Gasteiger partial charge in [-0.1, -0.05) is 0 Å². The number of H-pyrrole nitrogens is 1. The van der Waals surface area contributed by atoms with Crippen LogP contribution in [0, 0.1) is 5.41 Å². The van der Waals surface area contributed by atoms with E-state index in [-0.39, 0.29) is 11.3 Å². The van der Waals surface area contributed by atoms with Gasteiger partial charge in [0.05, 0.1) is 19.4 Å². The third kappa shape index (κ3) is 3.34. The summed E-state index contributed by atoms with van der Waals surface area (Å²) in [5.74, 6) is 0.872. The fourth-order valence-corrected chi connectivity index (χ4v) is 3.82. The molecule has 0 aliphatic carbocycles. The average Bonchev–Trinajstić information content (AvgIpc) is 3.12. The van der Waals surface area contributed by atoms with Crippen LogP contribution in [0.3, 0.4) is 0 Å². The zero-order chi connectivity index (χ0) is 17.1. The van der Waals surface area contributed by atoms with Crippen molar-refractivity contribution in [1.29, 1.82) is 0 Å². The van der Waals surface area contributed by atoms with E-state index in [4.69, 9.17) is 4.74 Å². The molecule has 1 amide bonds. The minimum Gasteiger partial charge on any atom is -0.379 e. The summed E-state index contributed by atoms with van der Waals surface area (Å²) in [6, 6.07) is 1.72. The van der Waals surface area contributed by atoms with Gasteiger partial charge in [0.2, 0.25) is 0 Å². The fourth-order valence-electron chi connectivity index (χ4n) is 3.82. The number of nitrogens with zero attached hydrogens (tertiary/aromatic N) is 5. The zero-order valence-corrected chi connectivity index (χ0v) is 14.1. The molecule has 2 aromatic rings. The number of likely N-dealkylation sites (tertiary alicyclic amines) is 1. The topological polar surface area (TPSA) is 87.2 Å². The molecule has 1 atom stereocenters. The number of aromatic nitrogens is 4. The Labute approximate surface area is 146 Å². The molecule has 8 heteroatoms. The summed E-state index contributed by atoms with van der Waals surface area (Å²) in [5.41, 5.74) is 0.458. The second kappa shape index (κ2) is 6.79. The summed E-state index contributed by atoms with van der Waals surface area (Å²) >= 11 is 0. The number of anilines is 1. The molecule has 1 N–H and O–H groups in total. The predicted molar refractivity (Wildman–Crippen MR) is 91.2 cm³/mol. The van der Waals surface area contributed by atoms with Crippen molar-refractivity contribution in [3.63, 3.8) is 0 Å². The van der Waals surface area contributed by atoms with Crippen LogP contribution in [-0.4, -0.2) is 70.4 Å². The van der Waals surface area contributed by atoms with Crippen LogP contribution in [-0.2, 0) is 4.74 Å². The first kappa shape index (κ1) is 16.0. The van der Waals surface area contributed by atoms with E-state index in [2.05, 4.69) is 25.1 Å². The minimum absolute atomic E-state index is 0.00637. The van der Waals surface area contributed by atoms with Crippen LogP contribution in [0.4, 0.5) is 5.82 Å². The number of carbonyl (C=O) groups excluding carboxylic acids is 1. The molecule has 2 aliphatic heterocycles. The van der Waals surface area contributed by atoms with Crippen LogP contribution in [0.1, 0.15) is 23.3 Å². The van der Waals surface area contributed by atoms with E-state index in [1.54, 1.807) is 30.9 Å². The number of amides is 1. The Morgan fingerprint density at radius 3 is 3.00 bits per heavy atom. The van der Waals surface area contributed by atoms with Gasteiger partial charge < -0.3 is 14.5 Å². The van der Waals surface area contributed by atoms with Crippen molar-refractivity contribution in [3.8, 4) is 0 Å². The number of nitrogens with one attached hydrogen (secondary N) is 1. The SMILES string of the molecule is O=C(c1ccn[nH]1)N1CCC[C@]2(COCCN(c3cnccn3)C2)C1. The maximum Gasteiger partial charge on any atom is 0.271 e. The van der Waals surface area contributed by atoms with Crippen molar-refractivity contribution in [1.82, 2.24) is 25.1 Å². The van der Waals surface area contributed by atoms with Gasteiger partial charge in [0.25, 0.3) is 5.91 Å². The van der Waals surface area contributed by atoms with Crippen molar-refractivity contribution < 1.29 is 9.53 Å². The average molecular weight is 342 g/mol. The van der Waals surface area contributed by atoms with E-state index in [1.165, 1.54) is 0 Å². The molecule has 2 aliphatic rings. The van der Waals surface area contributed by atoms with Crippen LogP contribution < -0.4 is 4.90 Å². The third-order valence-electron chi connectivity index (χ3n) is 4.99. The van der Waals surface area contributed by atoms with Crippen molar-refractivity contribution in [2.24, 2.45) is 5.41 Å². The van der Waals surface area contributed by atoms with Crippen LogP contribution in [0.15, 0.2) is 30.9 Å². The number of hydrogen-bond donors (Lipinski definition) is 1. The number of carbonyl (C=O) groups is 1. The third-order valence-corrected chi connectivity index (χ3v) is 4.99. The molecule has 0 unspecified atom stereocenters. The molecule has 0 saturated carbocycles. The highest BCUT2D eigenvalue weighted by Crippen LogP contribution is 2.34. The molecule has 0 aromatic carbocycles. The van der Waals surface area contributed by atoms with E-state index in [0.717, 1.165) is 38.3 Å². The highest BCUT2D eigenvalue weighted by molar-refractivity contribution is 5.92. The number of aromatic amines is 1. The first-order valence-corrected chi connectivity index (χ1v) is 8.63. The number of hydrogen-bond acceptors (Lipinski definition) is 6. The van der Waals surface area contributed by atoms with Gasteiger partial charge in [0.1, 0.15) is 11.5 Å². The molecule has 132 valence electrons. The highest BCUT2D eigenvalue weighted by Gasteiger charge is 2.41. The summed E-state index contributed by atoms with van der Waals surface area (Å²) in [4.78, 5) is 25.5. The maximum absolute atomic E-state index is 12.7. The lowest BCUT2D eigenvalue weighted by molar-refractivity contribution is 0.0133. The van der Waals surface area contributed by atoms with Gasteiger partial charge in [-0.05, 0) is 18.9 Å². The van der Waals surface area contributed by atoms with Gasteiger partial charge in [-0.2, -0.15) is 5.10 Å². The van der Waals surface area contributed by atoms with E-state index in [9.17, 15) is 4.79 Å². The molecule has 2 aromatic heterocycles. The second-order valence-electron chi connectivity index (χ2n) is 6.84. The predicted octanol–water partition coefficient (Wildman–Crippen LogP) is 0.959. The van der Waals surface area contributed by atoms with Crippen molar-refractivity contribution in [3.05, 3.63) is 36.5 Å². The Balaban J connectivity index is 1.53. The van der Waals surface area contributed by atoms with Crippen molar-refractivity contribution >= 4 is 11.7 Å². The first-order valence-electron chi connectivity index (χ1n) is 8.63. The van der Waals surface area contributed by atoms with Gasteiger partial charge in [-0.15, -0.1) is 0 Å². The lowest BCUT2D eigenvalue weighted by Gasteiger charge is -2.43. The van der Waals surface area contributed by atoms with Gasteiger partial charge in [-0.25, -0.2) is 4.98 Å². The molecule has 4 rings (SSSR count). The Morgan fingerprint density at radius 2 is 2.20 bits per heavy atom. The normalized spacial score (nSPS) is 24.3. The minimum atomic E-state index is -0.0814. The lowest BCUT2D eigenvalue weighted by Crippen LogP contribution is -2.52. The van der Waals surface area contributed by atoms with Crippen molar-refractivity contribution in [2.45, 2.75) is 12.8 Å². The first-order chi connectivity index (χ1) is 12.3. The smallest absolute Gasteiger partial charge is 0.271 e. The van der Waals surface area contributed by atoms with E-state index in [0.29, 0.717) is 25.5 Å². The molecule has 2 saturated heterocycles. The Morgan fingerprint density at radius 1 is 1.24 bits per heavy atom. The summed E-state index contributed by atoms with van der Waals surface area (Å²) < 4.78 is 5.91. The number of rotatable bonds is 2. The summed E-state index contributed by atoms with van der Waals surface area (Å²) in [6.07, 6.45) is 8.79. The van der Waals surface area contributed by atoms with E-state index >= 15 is 0 Å². The van der Waals surface area contributed by atoms with Gasteiger partial charge in [0, 0.05) is 50.2 Å². The largest absolute Gasteiger partial charge is 0.379 e. The quantitative estimate of drug-likeness (QED) is 0.875. The molecular weight excluding hydrogens is 320 g/mol. The molecule has 8 nitrogen and oxygen atoms in total. The summed E-state index contributed by atoms with van der Waals surface area (Å²) in [7, 11) is 0. The second-order valence-corrected chi connectivity index (χ2v) is 6.84. The standard InChI is InChI=1S/C17H22N6O2/c24-16(14-2-4-20-21-14)23-7-1-3-17(12-23)11-22(8-9-25-13-17)15-10-18-5-6-19-15/h2,4-6,10H,1,3,7-9,11-13H2,(H,20,21)/t17-/m1/s1. The zero-order valence-electron chi connectivity index (χ0n) is 14.1. The Kier molecular flexibility index (Phi) is 4.35. The van der Waals surface area contributed by atoms with Gasteiger partial charge in [-0.3, -0.25) is 14.9 Å². The van der Waals surface area contributed by atoms with Crippen LogP contribution >= 0.6 is 0 Å². The summed E-state index contributed by atoms with van der Waals surface area (Å²) in [6.45, 7) is 4.38. The number of piperidine rings is 1. The monoisotopic (exact) mass is 342 g/mol. The van der Waals surface area contributed by atoms with Crippen molar-refractivity contribution in [2.75, 3.05) is 44.3 Å². The highest BCUT2D eigenvalue weighted by atomic mass is 16.5. The fraction of sp³-hybridized carbons (Fsp3) is 0.529. The van der Waals surface area contributed by atoms with E-state index < -0.39 is 0 Å². The van der Waals surface area contributed by atoms with Crippen LogP contribution in [0.5, 0.6) is 0 Å². The Hall–Kier alpha value is -2.48. The molecule has 2 fully saturated rings. The van der Waals surface area contributed by atoms with Gasteiger partial charge >= 0.3 is 0 Å². The molecule has 1 spiro atoms. The molecule has 4 heterocycles. The maximum atomic E-state index is 12.7. The molecule has 25 heavy (non-hydrogen) atoms. The molecule has 0 radical (unpaired) electrons. The molecule has 0 bridgehead atoms. The Bertz CT molecular complexity index is 707. The number of ether oxygens (including phenoxy) is 1. The molecular formula is C17H22N6O2. The van der Waals surface area contributed by atoms with Crippen LogP contribution in [0.25, 0.3) is 0 Å². The summed E-state index contributed by atoms with van der Waals surface area (Å²) in [5, 5.41) is 6.66. The van der Waals surface area contributed by atoms with E-state index in [1.807, 2.05) is 4.90 Å². The van der Waals surface area contributed by atoms with Gasteiger partial charge in [0.15, 0.2) is 0 Å². The van der Waals surface area contributed by atoms with Crippen LogP contribution in [0.2, 0.25) is 0 Å².